The van der Waals surface area contributed by atoms with Gasteiger partial charge in [0.2, 0.25) is 17.7 Å². The maximum atomic E-state index is 15.4. The van der Waals surface area contributed by atoms with Crippen LogP contribution >= 0.6 is 11.6 Å². The third kappa shape index (κ3) is 17.2. The van der Waals surface area contributed by atoms with Gasteiger partial charge in [0.25, 0.3) is 11.8 Å². The van der Waals surface area contributed by atoms with Crippen molar-refractivity contribution in [3.63, 3.8) is 0 Å². The van der Waals surface area contributed by atoms with E-state index in [-0.39, 0.29) is 48.3 Å². The van der Waals surface area contributed by atoms with Gasteiger partial charge in [-0.05, 0) is 148 Å². The summed E-state index contributed by atoms with van der Waals surface area (Å²) in [4.78, 5) is 99.6. The Morgan fingerprint density at radius 3 is 2.24 bits per heavy atom. The van der Waals surface area contributed by atoms with Gasteiger partial charge in [-0.1, -0.05) is 60.9 Å². The Kier molecular flexibility index (Phi) is 23.1. The minimum absolute atomic E-state index is 0.110. The molecule has 27 heteroatoms. The third-order valence-corrected chi connectivity index (χ3v) is 16.6. The van der Waals surface area contributed by atoms with Gasteiger partial charge >= 0.3 is 18.2 Å². The van der Waals surface area contributed by atoms with E-state index < -0.39 is 72.1 Å². The number of benzene rings is 4. The topological polar surface area (TPSA) is 304 Å². The van der Waals surface area contributed by atoms with Gasteiger partial charge in [-0.15, -0.1) is 0 Å². The molecule has 6 aromatic rings. The first-order chi connectivity index (χ1) is 43.5. The van der Waals surface area contributed by atoms with Gasteiger partial charge in [-0.2, -0.15) is 18.4 Å². The summed E-state index contributed by atoms with van der Waals surface area (Å²) in [7, 11) is 9.48. The largest absolute Gasteiger partial charge is 0.491 e. The van der Waals surface area contributed by atoms with Crippen LogP contribution in [0.25, 0.3) is 21.7 Å². The molecule has 0 fully saturated rings. The van der Waals surface area contributed by atoms with Crippen molar-refractivity contribution in [1.82, 2.24) is 35.3 Å². The SMILES string of the molecule is CNCc1cc(NC(=O)[C@@H](CCCNC(N)=O)NC(=O)[C@H](NC(=O)CN=[N+]=[N-])C(C)C)ccc1C[N+](C)(C)CCC[C@@H]1Cc2ccccc2CN1C(=O)c1ccc(Cl)cc1-c1cc(C(=O)N(c2ccc(OC(=O)C(F)(F)F)cc2)c2cc(C#N)n(C)c2C)c(C)n1C. The van der Waals surface area contributed by atoms with Crippen LogP contribution in [0.1, 0.15) is 99.6 Å². The van der Waals surface area contributed by atoms with E-state index in [0.29, 0.717) is 88.1 Å². The maximum Gasteiger partial charge on any atom is 0.491 e. The molecule has 0 unspecified atom stereocenters. The second kappa shape index (κ2) is 30.4. The number of aromatic nitrogens is 2. The zero-order chi connectivity index (χ0) is 67.4. The van der Waals surface area contributed by atoms with E-state index in [1.165, 1.54) is 23.1 Å². The number of esters is 1. The lowest BCUT2D eigenvalue weighted by molar-refractivity contribution is -0.903. The number of urea groups is 1. The summed E-state index contributed by atoms with van der Waals surface area (Å²) >= 11 is 6.76. The number of hydrogen-bond acceptors (Lipinski definition) is 11. The number of carbonyl (C=O) groups is 7. The van der Waals surface area contributed by atoms with Crippen LogP contribution in [0.4, 0.5) is 35.0 Å². The Morgan fingerprint density at radius 1 is 0.891 bits per heavy atom. The number of carbonyl (C=O) groups excluding carboxylic acids is 7. The van der Waals surface area contributed by atoms with Gasteiger partial charge in [0.1, 0.15) is 42.7 Å². The number of alkyl halides is 3. The molecule has 1 aliphatic heterocycles. The Balaban J connectivity index is 1.11. The highest BCUT2D eigenvalue weighted by molar-refractivity contribution is 6.31. The number of ether oxygens (including phenoxy) is 1. The summed E-state index contributed by atoms with van der Waals surface area (Å²) in [6, 6.07) is 25.8. The number of primary amides is 1. The summed E-state index contributed by atoms with van der Waals surface area (Å²) in [6.07, 6.45) is -2.90. The highest BCUT2D eigenvalue weighted by Crippen LogP contribution is 2.38. The lowest BCUT2D eigenvalue weighted by Gasteiger charge is -2.38. The van der Waals surface area contributed by atoms with Crippen LogP contribution in [0.3, 0.4) is 0 Å². The summed E-state index contributed by atoms with van der Waals surface area (Å²) in [5, 5.41) is 27.6. The number of nitrogens with two attached hydrogens (primary N) is 1. The fourth-order valence-corrected chi connectivity index (χ4v) is 11.5. The standard InChI is InChI=1S/C65H75ClF3N15O8/c1-38(2)58(78-57(85)35-75-79-72)60(87)77-54(17-12-26-74-64(71)91)59(86)76-46-20-18-43(44(28-46)34-73-5)37-84(8,9)27-13-16-48-29-41-14-10-11-15-42(41)36-82(48)61(88)51-25-19-45(66)30-53(51)56-32-52(39(3)81(56)7)62(89)83(55-31-49(33-70)80(6)40(55)4)47-21-23-50(24-22-47)92-63(90)65(67,68)69/h10-11,14-15,18-25,28,30-32,38,48,54,58,73H,12-13,16-17,26-27,29,34-37H2,1-9H3,(H5-,71,74,76,77,78,85,86,87,91)/p+1/t48-,54-,58-/m1/s1. The monoisotopic (exact) mass is 1290 g/mol. The Morgan fingerprint density at radius 2 is 1.60 bits per heavy atom. The van der Waals surface area contributed by atoms with E-state index >= 15 is 9.59 Å². The molecular weight excluding hydrogens is 1210 g/mol. The van der Waals surface area contributed by atoms with Gasteiger partial charge in [0.05, 0.1) is 31.9 Å². The van der Waals surface area contributed by atoms with E-state index in [9.17, 15) is 42.4 Å². The Labute approximate surface area is 536 Å². The number of anilines is 3. The number of halogens is 4. The van der Waals surface area contributed by atoms with Crippen molar-refractivity contribution in [1.29, 1.82) is 5.26 Å². The first-order valence-corrected chi connectivity index (χ1v) is 30.1. The van der Waals surface area contributed by atoms with Crippen molar-refractivity contribution in [2.75, 3.05) is 51.0 Å². The third-order valence-electron chi connectivity index (χ3n) is 16.4. The molecule has 486 valence electrons. The van der Waals surface area contributed by atoms with Crippen molar-refractivity contribution < 1.29 is 56.0 Å². The second-order valence-electron chi connectivity index (χ2n) is 23.7. The number of quaternary nitrogens is 1. The molecule has 0 radical (unpaired) electrons. The van der Waals surface area contributed by atoms with Gasteiger partial charge in [-0.25, -0.2) is 9.59 Å². The van der Waals surface area contributed by atoms with Crippen LogP contribution < -0.4 is 42.0 Å². The molecule has 92 heavy (non-hydrogen) atoms. The first-order valence-electron chi connectivity index (χ1n) is 29.7. The average molecular weight is 1290 g/mol. The summed E-state index contributed by atoms with van der Waals surface area (Å²) in [6.45, 7) is 8.60. The van der Waals surface area contributed by atoms with Crippen LogP contribution in [0, 0.1) is 31.1 Å². The number of nitrogens with one attached hydrogen (secondary N) is 5. The van der Waals surface area contributed by atoms with Gasteiger partial charge < -0.3 is 55.6 Å². The number of azide groups is 1. The highest BCUT2D eigenvalue weighted by Gasteiger charge is 2.42. The van der Waals surface area contributed by atoms with Crippen LogP contribution in [0.15, 0.2) is 102 Å². The molecule has 1 aliphatic rings. The molecule has 7 amide bonds. The van der Waals surface area contributed by atoms with Crippen LogP contribution in [0.2, 0.25) is 5.02 Å². The van der Waals surface area contributed by atoms with Gasteiger partial charge in [-0.3, -0.25) is 28.9 Å². The normalized spacial score (nSPS) is 13.6. The van der Waals surface area contributed by atoms with Crippen LogP contribution in [-0.4, -0.2) is 125 Å². The summed E-state index contributed by atoms with van der Waals surface area (Å²) in [5.41, 5.74) is 21.7. The number of amides is 7. The lowest BCUT2D eigenvalue weighted by Crippen LogP contribution is -2.55. The van der Waals surface area contributed by atoms with E-state index in [4.69, 9.17) is 22.9 Å². The second-order valence-corrected chi connectivity index (χ2v) is 24.1. The molecule has 4 aromatic carbocycles. The summed E-state index contributed by atoms with van der Waals surface area (Å²) in [5.74, 6) is -5.87. The number of fused-ring (bicyclic) bond motifs is 1. The zero-order valence-electron chi connectivity index (χ0n) is 52.7. The quantitative estimate of drug-likeness (QED) is 0.00568. The summed E-state index contributed by atoms with van der Waals surface area (Å²) < 4.78 is 47.8. The highest BCUT2D eigenvalue weighted by atomic mass is 35.5. The molecule has 0 saturated carbocycles. The smallest absolute Gasteiger partial charge is 0.420 e. The molecule has 2 aromatic heterocycles. The lowest BCUT2D eigenvalue weighted by atomic mass is 9.90. The molecule has 7 rings (SSSR count). The minimum atomic E-state index is -5.24. The fraction of sp³-hybridized carbons (Fsp3) is 0.385. The Bertz CT molecular complexity index is 3850. The van der Waals surface area contributed by atoms with Gasteiger partial charge in [0.15, 0.2) is 0 Å². The predicted molar refractivity (Wildman–Crippen MR) is 341 cm³/mol. The van der Waals surface area contributed by atoms with Crippen molar-refractivity contribution in [2.45, 2.75) is 104 Å². The van der Waals surface area contributed by atoms with E-state index in [2.05, 4.69) is 67.6 Å². The molecular formula is C65H76ClF3N15O8+. The number of nitrogens with zero attached hydrogens (tertiary/aromatic N) is 9. The fourth-order valence-electron chi connectivity index (χ4n) is 11.3. The average Bonchev–Trinajstić information content (AvgIpc) is 1.53. The van der Waals surface area contributed by atoms with Crippen molar-refractivity contribution in [2.24, 2.45) is 30.9 Å². The van der Waals surface area contributed by atoms with E-state index in [1.54, 1.807) is 81.3 Å². The van der Waals surface area contributed by atoms with E-state index in [1.807, 2.05) is 42.3 Å². The van der Waals surface area contributed by atoms with Crippen molar-refractivity contribution >= 4 is 70.2 Å². The Hall–Kier alpha value is -9.67. The minimum Gasteiger partial charge on any atom is -0.420 e. The molecule has 7 N–H and O–H groups in total. The van der Waals surface area contributed by atoms with Crippen LogP contribution in [0.5, 0.6) is 5.75 Å². The molecule has 0 spiro atoms. The molecule has 0 bridgehead atoms. The maximum absolute atomic E-state index is 15.4. The molecule has 23 nitrogen and oxygen atoms in total. The molecule has 3 heterocycles. The number of nitriles is 1. The molecule has 3 atom stereocenters. The molecule has 0 aliphatic carbocycles. The predicted octanol–water partition coefficient (Wildman–Crippen LogP) is 9.28. The zero-order valence-corrected chi connectivity index (χ0v) is 53.5. The molecule has 0 saturated heterocycles. The van der Waals surface area contributed by atoms with E-state index in [0.717, 1.165) is 40.8 Å². The number of hydrogen-bond donors (Lipinski definition) is 6. The van der Waals surface area contributed by atoms with Crippen molar-refractivity contribution in [3.8, 4) is 23.1 Å². The van der Waals surface area contributed by atoms with Crippen LogP contribution in [-0.2, 0) is 59.3 Å². The van der Waals surface area contributed by atoms with Gasteiger partial charge in [0, 0.05) is 94.9 Å². The van der Waals surface area contributed by atoms with Crippen molar-refractivity contribution in [3.05, 3.63) is 163 Å². The number of rotatable bonds is 26. The first kappa shape index (κ1) is 69.8.